The van der Waals surface area contributed by atoms with E-state index in [4.69, 9.17) is 0 Å². The molecule has 3 aliphatic rings. The maximum Gasteiger partial charge on any atom is 0.223 e. The number of likely N-dealkylation sites (tertiary alicyclic amines) is 2. The molecule has 0 spiro atoms. The van der Waals surface area contributed by atoms with Gasteiger partial charge in [0.05, 0.1) is 0 Å². The summed E-state index contributed by atoms with van der Waals surface area (Å²) in [4.78, 5) is 17.3. The van der Waals surface area contributed by atoms with Gasteiger partial charge in [-0.2, -0.15) is 0 Å². The Morgan fingerprint density at radius 2 is 1.65 bits per heavy atom. The second-order valence-electron chi connectivity index (χ2n) is 8.24. The van der Waals surface area contributed by atoms with E-state index in [0.717, 1.165) is 25.3 Å². The van der Waals surface area contributed by atoms with E-state index in [2.05, 4.69) is 22.2 Å². The second-order valence-corrected chi connectivity index (χ2v) is 8.24. The normalized spacial score (nSPS) is 29.0. The molecule has 0 aromatic carbocycles. The van der Waals surface area contributed by atoms with Crippen molar-refractivity contribution >= 4 is 5.91 Å². The van der Waals surface area contributed by atoms with Crippen LogP contribution in [0.1, 0.15) is 51.4 Å². The van der Waals surface area contributed by atoms with Crippen LogP contribution < -0.4 is 5.32 Å². The third kappa shape index (κ3) is 5.18. The molecule has 1 unspecified atom stereocenters. The van der Waals surface area contributed by atoms with Crippen LogP contribution in [-0.2, 0) is 4.79 Å². The molecule has 2 aliphatic heterocycles. The number of nitrogens with zero attached hydrogens (tertiary/aromatic N) is 2. The summed E-state index contributed by atoms with van der Waals surface area (Å²) in [6.07, 6.45) is 10.00. The predicted octanol–water partition coefficient (Wildman–Crippen LogP) is 2.35. The van der Waals surface area contributed by atoms with E-state index in [1.807, 2.05) is 0 Å². The summed E-state index contributed by atoms with van der Waals surface area (Å²) in [5.41, 5.74) is 0. The van der Waals surface area contributed by atoms with E-state index in [9.17, 15) is 4.79 Å². The quantitative estimate of drug-likeness (QED) is 0.844. The lowest BCUT2D eigenvalue weighted by atomic mass is 9.88. The Labute approximate surface area is 142 Å². The fourth-order valence-corrected chi connectivity index (χ4v) is 4.61. The topological polar surface area (TPSA) is 35.6 Å². The van der Waals surface area contributed by atoms with Crippen LogP contribution in [0.15, 0.2) is 0 Å². The zero-order valence-corrected chi connectivity index (χ0v) is 14.9. The van der Waals surface area contributed by atoms with E-state index in [-0.39, 0.29) is 0 Å². The Morgan fingerprint density at radius 1 is 0.957 bits per heavy atom. The lowest BCUT2D eigenvalue weighted by Crippen LogP contribution is -2.38. The molecule has 1 atom stereocenters. The highest BCUT2D eigenvalue weighted by Crippen LogP contribution is 2.25. The summed E-state index contributed by atoms with van der Waals surface area (Å²) in [6.45, 7) is 7.13. The number of nitrogens with one attached hydrogen (secondary N) is 1. The third-order valence-electron chi connectivity index (χ3n) is 6.27. The van der Waals surface area contributed by atoms with Gasteiger partial charge >= 0.3 is 0 Å². The number of amides is 1. The van der Waals surface area contributed by atoms with Crippen molar-refractivity contribution in [1.29, 1.82) is 0 Å². The number of rotatable bonds is 5. The largest absolute Gasteiger partial charge is 0.356 e. The third-order valence-corrected chi connectivity index (χ3v) is 6.27. The molecule has 2 saturated heterocycles. The van der Waals surface area contributed by atoms with Crippen LogP contribution >= 0.6 is 0 Å². The van der Waals surface area contributed by atoms with Gasteiger partial charge in [0.2, 0.25) is 5.91 Å². The first-order chi connectivity index (χ1) is 11.2. The Balaban J connectivity index is 1.32. The molecule has 1 N–H and O–H groups in total. The number of carbonyl (C=O) groups excluding carboxylic acids is 1. The number of carbonyl (C=O) groups is 1. The predicted molar refractivity (Wildman–Crippen MR) is 94.4 cm³/mol. The standard InChI is InChI=1S/C19H35N3O/c1-21-10-7-16(8-11-21)14-22-12-9-17(15-22)13-20-19(23)18-5-3-2-4-6-18/h16-18H,2-15H2,1H3,(H,20,23). The van der Waals surface area contributed by atoms with Gasteiger partial charge in [-0.1, -0.05) is 19.3 Å². The summed E-state index contributed by atoms with van der Waals surface area (Å²) in [7, 11) is 2.23. The van der Waals surface area contributed by atoms with E-state index in [1.165, 1.54) is 71.2 Å². The number of piperidine rings is 1. The van der Waals surface area contributed by atoms with Crippen LogP contribution in [0.5, 0.6) is 0 Å². The highest BCUT2D eigenvalue weighted by atomic mass is 16.1. The van der Waals surface area contributed by atoms with Crippen molar-refractivity contribution in [3.63, 3.8) is 0 Å². The van der Waals surface area contributed by atoms with Crippen LogP contribution in [0.25, 0.3) is 0 Å². The minimum absolute atomic E-state index is 0.306. The molecule has 0 bridgehead atoms. The van der Waals surface area contributed by atoms with Crippen molar-refractivity contribution in [3.8, 4) is 0 Å². The number of hydrogen-bond donors (Lipinski definition) is 1. The minimum atomic E-state index is 0.306. The lowest BCUT2D eigenvalue weighted by Gasteiger charge is -2.31. The molecular formula is C19H35N3O. The molecule has 1 amide bonds. The van der Waals surface area contributed by atoms with E-state index in [1.54, 1.807) is 0 Å². The molecule has 3 rings (SSSR count). The first kappa shape index (κ1) is 17.2. The monoisotopic (exact) mass is 321 g/mol. The molecule has 4 nitrogen and oxygen atoms in total. The van der Waals surface area contributed by atoms with Crippen LogP contribution in [0.4, 0.5) is 0 Å². The summed E-state index contributed by atoms with van der Waals surface area (Å²) < 4.78 is 0. The van der Waals surface area contributed by atoms with Crippen molar-refractivity contribution in [2.75, 3.05) is 46.3 Å². The maximum absolute atomic E-state index is 12.3. The van der Waals surface area contributed by atoms with Gasteiger partial charge < -0.3 is 15.1 Å². The highest BCUT2D eigenvalue weighted by molar-refractivity contribution is 5.78. The SMILES string of the molecule is CN1CCC(CN2CCC(CNC(=O)C3CCCCC3)C2)CC1. The molecular weight excluding hydrogens is 286 g/mol. The summed E-state index contributed by atoms with van der Waals surface area (Å²) in [5.74, 6) is 2.20. The highest BCUT2D eigenvalue weighted by Gasteiger charge is 2.27. The molecule has 132 valence electrons. The van der Waals surface area contributed by atoms with Crippen molar-refractivity contribution in [2.24, 2.45) is 17.8 Å². The van der Waals surface area contributed by atoms with E-state index >= 15 is 0 Å². The molecule has 0 aromatic rings. The average molecular weight is 322 g/mol. The Hall–Kier alpha value is -0.610. The van der Waals surface area contributed by atoms with Crippen LogP contribution in [0.2, 0.25) is 0 Å². The van der Waals surface area contributed by atoms with Crippen LogP contribution in [0.3, 0.4) is 0 Å². The van der Waals surface area contributed by atoms with Gasteiger partial charge in [-0.15, -0.1) is 0 Å². The van der Waals surface area contributed by atoms with E-state index in [0.29, 0.717) is 17.7 Å². The van der Waals surface area contributed by atoms with Crippen molar-refractivity contribution in [1.82, 2.24) is 15.1 Å². The molecule has 0 radical (unpaired) electrons. The molecule has 2 heterocycles. The Bertz CT molecular complexity index is 373. The van der Waals surface area contributed by atoms with Gasteiger partial charge in [-0.3, -0.25) is 4.79 Å². The van der Waals surface area contributed by atoms with Gasteiger partial charge in [-0.05, 0) is 70.6 Å². The van der Waals surface area contributed by atoms with Gasteiger partial charge in [0.25, 0.3) is 0 Å². The molecule has 23 heavy (non-hydrogen) atoms. The first-order valence-corrected chi connectivity index (χ1v) is 9.89. The first-order valence-electron chi connectivity index (χ1n) is 9.89. The van der Waals surface area contributed by atoms with Gasteiger partial charge in [0, 0.05) is 25.6 Å². The van der Waals surface area contributed by atoms with Crippen molar-refractivity contribution in [2.45, 2.75) is 51.4 Å². The van der Waals surface area contributed by atoms with Gasteiger partial charge in [-0.25, -0.2) is 0 Å². The zero-order chi connectivity index (χ0) is 16.1. The molecule has 1 aliphatic carbocycles. The Morgan fingerprint density at radius 3 is 2.39 bits per heavy atom. The van der Waals surface area contributed by atoms with Gasteiger partial charge in [0.1, 0.15) is 0 Å². The molecule has 3 fully saturated rings. The molecule has 1 saturated carbocycles. The smallest absolute Gasteiger partial charge is 0.223 e. The number of hydrogen-bond acceptors (Lipinski definition) is 3. The van der Waals surface area contributed by atoms with Crippen LogP contribution in [0, 0.1) is 17.8 Å². The lowest BCUT2D eigenvalue weighted by molar-refractivity contribution is -0.126. The fraction of sp³-hybridized carbons (Fsp3) is 0.947. The van der Waals surface area contributed by atoms with Crippen molar-refractivity contribution in [3.05, 3.63) is 0 Å². The maximum atomic E-state index is 12.3. The zero-order valence-electron chi connectivity index (χ0n) is 14.9. The summed E-state index contributed by atoms with van der Waals surface area (Å²) in [5, 5.41) is 3.25. The summed E-state index contributed by atoms with van der Waals surface area (Å²) >= 11 is 0. The fourth-order valence-electron chi connectivity index (χ4n) is 4.61. The molecule has 0 aromatic heterocycles. The van der Waals surface area contributed by atoms with E-state index < -0.39 is 0 Å². The average Bonchev–Trinajstić information content (AvgIpc) is 3.03. The Kier molecular flexibility index (Phi) is 6.35. The summed E-state index contributed by atoms with van der Waals surface area (Å²) in [6, 6.07) is 0. The van der Waals surface area contributed by atoms with Gasteiger partial charge in [0.15, 0.2) is 0 Å². The minimum Gasteiger partial charge on any atom is -0.356 e. The van der Waals surface area contributed by atoms with Crippen LogP contribution in [-0.4, -0.2) is 62.0 Å². The second kappa shape index (κ2) is 8.48. The molecule has 4 heteroatoms. The van der Waals surface area contributed by atoms with Crippen molar-refractivity contribution < 1.29 is 4.79 Å².